The number of anilines is 3. The molecule has 1 aromatic heterocycles. The van der Waals surface area contributed by atoms with Crippen molar-refractivity contribution >= 4 is 28.8 Å². The first kappa shape index (κ1) is 18.8. The molecule has 1 fully saturated rings. The van der Waals surface area contributed by atoms with E-state index in [0.717, 1.165) is 54.3 Å². The molecule has 2 heterocycles. The molecule has 5 heteroatoms. The molecule has 0 saturated carbocycles. The first-order chi connectivity index (χ1) is 13.6. The fourth-order valence-corrected chi connectivity index (χ4v) is 3.80. The predicted octanol–water partition coefficient (Wildman–Crippen LogP) is 5.42. The lowest BCUT2D eigenvalue weighted by atomic mass is 10.00. The highest BCUT2D eigenvalue weighted by atomic mass is 35.5. The molecular formula is C23H24ClN3O. The number of hydrogen-bond acceptors (Lipinski definition) is 4. The van der Waals surface area contributed by atoms with E-state index >= 15 is 0 Å². The summed E-state index contributed by atoms with van der Waals surface area (Å²) < 4.78 is 0. The Labute approximate surface area is 170 Å². The third kappa shape index (κ3) is 4.29. The average Bonchev–Trinajstić information content (AvgIpc) is 2.70. The number of para-hydroxylation sites is 1. The summed E-state index contributed by atoms with van der Waals surface area (Å²) in [6, 6.07) is 20.5. The summed E-state index contributed by atoms with van der Waals surface area (Å²) in [5.74, 6) is 0.871. The van der Waals surface area contributed by atoms with Crippen LogP contribution in [0.5, 0.6) is 0 Å². The molecule has 1 saturated heterocycles. The third-order valence-corrected chi connectivity index (χ3v) is 5.37. The van der Waals surface area contributed by atoms with Crippen molar-refractivity contribution in [3.63, 3.8) is 0 Å². The molecule has 4 nitrogen and oxygen atoms in total. The highest BCUT2D eigenvalue weighted by Crippen LogP contribution is 2.32. The van der Waals surface area contributed by atoms with Gasteiger partial charge in [0.2, 0.25) is 0 Å². The van der Waals surface area contributed by atoms with Gasteiger partial charge in [-0.2, -0.15) is 0 Å². The lowest BCUT2D eigenvalue weighted by Gasteiger charge is -2.30. The molecule has 3 aromatic rings. The van der Waals surface area contributed by atoms with Crippen LogP contribution in [0.25, 0.3) is 11.1 Å². The molecule has 2 aromatic carbocycles. The molecule has 0 unspecified atom stereocenters. The largest absolute Gasteiger partial charge is 0.393 e. The Balaban J connectivity index is 1.65. The van der Waals surface area contributed by atoms with E-state index < -0.39 is 0 Å². The zero-order chi connectivity index (χ0) is 19.5. The zero-order valence-corrected chi connectivity index (χ0v) is 16.7. The first-order valence-electron chi connectivity index (χ1n) is 9.62. The van der Waals surface area contributed by atoms with Crippen molar-refractivity contribution in [2.45, 2.75) is 25.9 Å². The Hall–Kier alpha value is -2.56. The number of benzene rings is 2. The molecule has 0 radical (unpaired) electrons. The normalized spacial score (nSPS) is 14.9. The minimum absolute atomic E-state index is 0.210. The standard InChI is InChI=1S/C23H24ClN3O/c1-16-7-8-19(25-18-5-3-2-4-6-18)15-21(16)17-13-22(24)26-23(14-17)27-11-9-20(28)10-12-27/h2-8,13-15,20,25,28H,9-12H2,1H3. The number of nitrogens with one attached hydrogen (secondary N) is 1. The van der Waals surface area contributed by atoms with Gasteiger partial charge in [-0.1, -0.05) is 35.9 Å². The van der Waals surface area contributed by atoms with E-state index in [1.54, 1.807) is 0 Å². The van der Waals surface area contributed by atoms with E-state index in [0.29, 0.717) is 5.15 Å². The van der Waals surface area contributed by atoms with E-state index in [4.69, 9.17) is 11.6 Å². The molecule has 4 rings (SSSR count). The molecule has 0 amide bonds. The van der Waals surface area contributed by atoms with Crippen molar-refractivity contribution in [2.24, 2.45) is 0 Å². The molecular weight excluding hydrogens is 370 g/mol. The summed E-state index contributed by atoms with van der Waals surface area (Å²) in [5.41, 5.74) is 5.44. The molecule has 0 atom stereocenters. The first-order valence-corrected chi connectivity index (χ1v) is 10.00. The molecule has 2 N–H and O–H groups in total. The molecule has 0 aliphatic carbocycles. The number of rotatable bonds is 4. The Morgan fingerprint density at radius 2 is 1.75 bits per heavy atom. The maximum absolute atomic E-state index is 9.77. The monoisotopic (exact) mass is 393 g/mol. The van der Waals surface area contributed by atoms with E-state index in [-0.39, 0.29) is 6.10 Å². The lowest BCUT2D eigenvalue weighted by Crippen LogP contribution is -2.36. The van der Waals surface area contributed by atoms with Crippen LogP contribution in [-0.4, -0.2) is 29.3 Å². The summed E-state index contributed by atoms with van der Waals surface area (Å²) in [6.07, 6.45) is 1.32. The van der Waals surface area contributed by atoms with Crippen LogP contribution in [0.1, 0.15) is 18.4 Å². The van der Waals surface area contributed by atoms with Crippen LogP contribution in [0.3, 0.4) is 0 Å². The highest BCUT2D eigenvalue weighted by Gasteiger charge is 2.19. The minimum atomic E-state index is -0.210. The van der Waals surface area contributed by atoms with Crippen LogP contribution in [0.2, 0.25) is 5.15 Å². The van der Waals surface area contributed by atoms with Crippen LogP contribution in [-0.2, 0) is 0 Å². The van der Waals surface area contributed by atoms with E-state index in [1.165, 1.54) is 5.56 Å². The van der Waals surface area contributed by atoms with E-state index in [1.807, 2.05) is 36.4 Å². The second-order valence-electron chi connectivity index (χ2n) is 7.28. The molecule has 1 aliphatic heterocycles. The Morgan fingerprint density at radius 3 is 2.50 bits per heavy atom. The van der Waals surface area contributed by atoms with Gasteiger partial charge in [0.25, 0.3) is 0 Å². The average molecular weight is 394 g/mol. The smallest absolute Gasteiger partial charge is 0.132 e. The molecule has 0 bridgehead atoms. The number of hydrogen-bond donors (Lipinski definition) is 2. The fourth-order valence-electron chi connectivity index (χ4n) is 3.59. The number of piperidine rings is 1. The van der Waals surface area contributed by atoms with Crippen LogP contribution in [0, 0.1) is 6.92 Å². The number of aromatic nitrogens is 1. The van der Waals surface area contributed by atoms with Gasteiger partial charge in [-0.3, -0.25) is 0 Å². The summed E-state index contributed by atoms with van der Waals surface area (Å²) in [5, 5.41) is 13.7. The summed E-state index contributed by atoms with van der Waals surface area (Å²) >= 11 is 6.37. The van der Waals surface area contributed by atoms with Crippen LogP contribution in [0.15, 0.2) is 60.7 Å². The highest BCUT2D eigenvalue weighted by molar-refractivity contribution is 6.29. The number of nitrogens with zero attached hydrogens (tertiary/aromatic N) is 2. The van der Waals surface area contributed by atoms with E-state index in [2.05, 4.69) is 46.4 Å². The van der Waals surface area contributed by atoms with Crippen molar-refractivity contribution in [2.75, 3.05) is 23.3 Å². The quantitative estimate of drug-likeness (QED) is 0.581. The number of aryl methyl sites for hydroxylation is 1. The van der Waals surface area contributed by atoms with Crippen molar-refractivity contribution < 1.29 is 5.11 Å². The Morgan fingerprint density at radius 1 is 1.00 bits per heavy atom. The second-order valence-corrected chi connectivity index (χ2v) is 7.66. The van der Waals surface area contributed by atoms with Gasteiger partial charge in [0.15, 0.2) is 0 Å². The van der Waals surface area contributed by atoms with Crippen LogP contribution >= 0.6 is 11.6 Å². The third-order valence-electron chi connectivity index (χ3n) is 5.18. The van der Waals surface area contributed by atoms with Crippen molar-refractivity contribution in [3.05, 3.63) is 71.4 Å². The molecule has 28 heavy (non-hydrogen) atoms. The Kier molecular flexibility index (Phi) is 5.51. The van der Waals surface area contributed by atoms with Gasteiger partial charge >= 0.3 is 0 Å². The van der Waals surface area contributed by atoms with Gasteiger partial charge < -0.3 is 15.3 Å². The summed E-state index contributed by atoms with van der Waals surface area (Å²) in [6.45, 7) is 3.69. The van der Waals surface area contributed by atoms with Gasteiger partial charge in [-0.25, -0.2) is 4.98 Å². The van der Waals surface area contributed by atoms with Crippen LogP contribution in [0.4, 0.5) is 17.2 Å². The van der Waals surface area contributed by atoms with Gasteiger partial charge in [-0.05, 0) is 72.9 Å². The number of aliphatic hydroxyl groups excluding tert-OH is 1. The minimum Gasteiger partial charge on any atom is -0.393 e. The number of pyridine rings is 1. The van der Waals surface area contributed by atoms with Gasteiger partial charge in [-0.15, -0.1) is 0 Å². The van der Waals surface area contributed by atoms with Gasteiger partial charge in [0.1, 0.15) is 11.0 Å². The number of aliphatic hydroxyl groups is 1. The van der Waals surface area contributed by atoms with Crippen molar-refractivity contribution in [1.29, 1.82) is 0 Å². The Bertz CT molecular complexity index is 953. The lowest BCUT2D eigenvalue weighted by molar-refractivity contribution is 0.145. The maximum Gasteiger partial charge on any atom is 0.132 e. The fraction of sp³-hybridized carbons (Fsp3) is 0.261. The second kappa shape index (κ2) is 8.21. The maximum atomic E-state index is 9.77. The summed E-state index contributed by atoms with van der Waals surface area (Å²) in [4.78, 5) is 6.72. The topological polar surface area (TPSA) is 48.4 Å². The van der Waals surface area contributed by atoms with Crippen molar-refractivity contribution in [1.82, 2.24) is 4.98 Å². The van der Waals surface area contributed by atoms with E-state index in [9.17, 15) is 5.11 Å². The molecule has 144 valence electrons. The SMILES string of the molecule is Cc1ccc(Nc2ccccc2)cc1-c1cc(Cl)nc(N2CCC(O)CC2)c1. The van der Waals surface area contributed by atoms with Gasteiger partial charge in [0, 0.05) is 24.5 Å². The molecule has 0 spiro atoms. The van der Waals surface area contributed by atoms with Crippen LogP contribution < -0.4 is 10.2 Å². The van der Waals surface area contributed by atoms with Crippen molar-refractivity contribution in [3.8, 4) is 11.1 Å². The number of halogens is 1. The summed E-state index contributed by atoms with van der Waals surface area (Å²) in [7, 11) is 0. The molecule has 1 aliphatic rings. The van der Waals surface area contributed by atoms with Gasteiger partial charge in [0.05, 0.1) is 6.10 Å². The zero-order valence-electron chi connectivity index (χ0n) is 15.9. The predicted molar refractivity (Wildman–Crippen MR) is 117 cm³/mol.